The number of hydrogen-bond donors (Lipinski definition) is 0. The second-order valence-corrected chi connectivity index (χ2v) is 4.36. The van der Waals surface area contributed by atoms with Gasteiger partial charge in [-0.15, -0.1) is 0 Å². The van der Waals surface area contributed by atoms with E-state index < -0.39 is 16.4 Å². The van der Waals surface area contributed by atoms with Crippen LogP contribution in [0.5, 0.6) is 0 Å². The summed E-state index contributed by atoms with van der Waals surface area (Å²) in [5, 5.41) is 10.5. The number of benzene rings is 1. The minimum atomic E-state index is -1.00. The third kappa shape index (κ3) is 2.87. The van der Waals surface area contributed by atoms with Gasteiger partial charge in [0.1, 0.15) is 0 Å². The van der Waals surface area contributed by atoms with Gasteiger partial charge in [-0.3, -0.25) is 14.9 Å². The molecule has 6 nitrogen and oxygen atoms in total. The van der Waals surface area contributed by atoms with E-state index in [1.807, 2.05) is 6.92 Å². The highest BCUT2D eigenvalue weighted by atomic mass is 19.1. The van der Waals surface area contributed by atoms with Crippen LogP contribution in [0.1, 0.15) is 17.3 Å². The number of nitro groups is 1. The van der Waals surface area contributed by atoms with Crippen LogP contribution >= 0.6 is 0 Å². The molecule has 102 valence electrons. The van der Waals surface area contributed by atoms with Gasteiger partial charge in [0.15, 0.2) is 0 Å². The van der Waals surface area contributed by atoms with E-state index in [-0.39, 0.29) is 17.6 Å². The van der Waals surface area contributed by atoms with Crippen molar-refractivity contribution in [3.05, 3.63) is 39.7 Å². The molecule has 0 aromatic heterocycles. The Hall–Kier alpha value is -2.02. The Kier molecular flexibility index (Phi) is 3.75. The fraction of sp³-hybridized carbons (Fsp3) is 0.417. The first-order valence-corrected chi connectivity index (χ1v) is 5.84. The molecule has 0 aliphatic carbocycles. The lowest BCUT2D eigenvalue weighted by Gasteiger charge is -2.31. The van der Waals surface area contributed by atoms with E-state index in [9.17, 15) is 19.3 Å². The van der Waals surface area contributed by atoms with Gasteiger partial charge in [0.25, 0.3) is 5.91 Å². The zero-order valence-electron chi connectivity index (χ0n) is 10.3. The molecular weight excluding hydrogens is 255 g/mol. The Morgan fingerprint density at radius 3 is 2.89 bits per heavy atom. The van der Waals surface area contributed by atoms with Gasteiger partial charge >= 0.3 is 5.69 Å². The van der Waals surface area contributed by atoms with Crippen molar-refractivity contribution in [3.8, 4) is 0 Å². The average Bonchev–Trinajstić information content (AvgIpc) is 2.37. The van der Waals surface area contributed by atoms with Gasteiger partial charge in [0.05, 0.1) is 17.6 Å². The van der Waals surface area contributed by atoms with Crippen LogP contribution in [0.2, 0.25) is 0 Å². The van der Waals surface area contributed by atoms with Crippen molar-refractivity contribution in [1.82, 2.24) is 4.90 Å². The Labute approximate surface area is 108 Å². The molecule has 0 spiro atoms. The van der Waals surface area contributed by atoms with Gasteiger partial charge in [-0.2, -0.15) is 4.39 Å². The van der Waals surface area contributed by atoms with Gasteiger partial charge < -0.3 is 9.64 Å². The molecule has 7 heteroatoms. The zero-order chi connectivity index (χ0) is 14.0. The first kappa shape index (κ1) is 13.4. The molecule has 1 saturated heterocycles. The number of carbonyl (C=O) groups excluding carboxylic acids is 1. The smallest absolute Gasteiger partial charge is 0.304 e. The lowest BCUT2D eigenvalue weighted by atomic mass is 10.1. The second-order valence-electron chi connectivity index (χ2n) is 4.36. The minimum Gasteiger partial charge on any atom is -0.375 e. The summed E-state index contributed by atoms with van der Waals surface area (Å²) in [4.78, 5) is 23.3. The van der Waals surface area contributed by atoms with Gasteiger partial charge in [-0.1, -0.05) is 0 Å². The number of morpholine rings is 1. The molecule has 1 atom stereocenters. The maximum absolute atomic E-state index is 13.5. The summed E-state index contributed by atoms with van der Waals surface area (Å²) < 4.78 is 18.8. The van der Waals surface area contributed by atoms with Crippen LogP contribution in [0.25, 0.3) is 0 Å². The standard InChI is InChI=1S/C12H13FN2O4/c1-8-7-14(4-5-19-8)12(16)9-2-3-11(15(17)18)10(13)6-9/h2-3,6,8H,4-5,7H2,1H3. The molecule has 0 N–H and O–H groups in total. The van der Waals surface area contributed by atoms with Crippen LogP contribution in [0, 0.1) is 15.9 Å². The van der Waals surface area contributed by atoms with E-state index in [4.69, 9.17) is 4.74 Å². The van der Waals surface area contributed by atoms with E-state index in [1.165, 1.54) is 6.07 Å². The van der Waals surface area contributed by atoms with Gasteiger partial charge in [0.2, 0.25) is 5.82 Å². The quantitative estimate of drug-likeness (QED) is 0.603. The predicted molar refractivity (Wildman–Crippen MR) is 64.4 cm³/mol. The number of carbonyl (C=O) groups is 1. The molecule has 2 rings (SSSR count). The summed E-state index contributed by atoms with van der Waals surface area (Å²) in [7, 11) is 0. The SMILES string of the molecule is CC1CN(C(=O)c2ccc([N+](=O)[O-])c(F)c2)CCO1. The molecule has 19 heavy (non-hydrogen) atoms. The summed E-state index contributed by atoms with van der Waals surface area (Å²) in [5.74, 6) is -1.35. The number of ether oxygens (including phenoxy) is 1. The Bertz CT molecular complexity index is 520. The largest absolute Gasteiger partial charge is 0.375 e. The van der Waals surface area contributed by atoms with E-state index >= 15 is 0 Å². The van der Waals surface area contributed by atoms with Gasteiger partial charge in [-0.25, -0.2) is 0 Å². The second kappa shape index (κ2) is 5.31. The van der Waals surface area contributed by atoms with Crippen LogP contribution in [0.15, 0.2) is 18.2 Å². The molecule has 1 heterocycles. The van der Waals surface area contributed by atoms with Gasteiger partial charge in [0, 0.05) is 24.7 Å². The fourth-order valence-corrected chi connectivity index (χ4v) is 1.97. The summed E-state index contributed by atoms with van der Waals surface area (Å²) in [5.41, 5.74) is -0.524. The maximum Gasteiger partial charge on any atom is 0.304 e. The predicted octanol–water partition coefficient (Wildman–Crippen LogP) is 1.59. The molecule has 1 aromatic rings. The average molecular weight is 268 g/mol. The molecular formula is C12H13FN2O4. The molecule has 1 aromatic carbocycles. The first-order chi connectivity index (χ1) is 8.99. The summed E-state index contributed by atoms with van der Waals surface area (Å²) in [6.07, 6.45) is -0.0689. The number of rotatable bonds is 2. The Balaban J connectivity index is 2.19. The normalized spacial score (nSPS) is 19.3. The van der Waals surface area contributed by atoms with Crippen LogP contribution in [-0.4, -0.2) is 41.5 Å². The Morgan fingerprint density at radius 2 is 2.32 bits per heavy atom. The van der Waals surface area contributed by atoms with Crippen molar-refractivity contribution < 1.29 is 18.8 Å². The number of nitrogens with zero attached hydrogens (tertiary/aromatic N) is 2. The monoisotopic (exact) mass is 268 g/mol. The van der Waals surface area contributed by atoms with Crippen molar-refractivity contribution in [3.63, 3.8) is 0 Å². The number of amides is 1. The molecule has 1 fully saturated rings. The van der Waals surface area contributed by atoms with Crippen LogP contribution < -0.4 is 0 Å². The highest BCUT2D eigenvalue weighted by Crippen LogP contribution is 2.19. The first-order valence-electron chi connectivity index (χ1n) is 5.84. The number of hydrogen-bond acceptors (Lipinski definition) is 4. The van der Waals surface area contributed by atoms with Crippen molar-refractivity contribution >= 4 is 11.6 Å². The number of nitro benzene ring substituents is 1. The van der Waals surface area contributed by atoms with E-state index in [0.717, 1.165) is 12.1 Å². The zero-order valence-corrected chi connectivity index (χ0v) is 10.3. The third-order valence-corrected chi connectivity index (χ3v) is 2.92. The minimum absolute atomic E-state index is 0.0689. The molecule has 0 saturated carbocycles. The van der Waals surface area contributed by atoms with Crippen LogP contribution in [0.4, 0.5) is 10.1 Å². The van der Waals surface area contributed by atoms with Crippen LogP contribution in [-0.2, 0) is 4.74 Å². The maximum atomic E-state index is 13.5. The molecule has 1 aliphatic rings. The van der Waals surface area contributed by atoms with Crippen molar-refractivity contribution in [2.45, 2.75) is 13.0 Å². The number of halogens is 1. The van der Waals surface area contributed by atoms with E-state index in [1.54, 1.807) is 4.90 Å². The van der Waals surface area contributed by atoms with Crippen molar-refractivity contribution in [1.29, 1.82) is 0 Å². The molecule has 1 unspecified atom stereocenters. The lowest BCUT2D eigenvalue weighted by Crippen LogP contribution is -2.44. The highest BCUT2D eigenvalue weighted by Gasteiger charge is 2.24. The van der Waals surface area contributed by atoms with E-state index in [2.05, 4.69) is 0 Å². The lowest BCUT2D eigenvalue weighted by molar-refractivity contribution is -0.387. The fourth-order valence-electron chi connectivity index (χ4n) is 1.97. The summed E-state index contributed by atoms with van der Waals surface area (Å²) in [6, 6.07) is 3.18. The molecule has 1 amide bonds. The third-order valence-electron chi connectivity index (χ3n) is 2.92. The molecule has 0 bridgehead atoms. The molecule has 0 radical (unpaired) electrons. The van der Waals surface area contributed by atoms with Gasteiger partial charge in [-0.05, 0) is 19.1 Å². The molecule has 1 aliphatic heterocycles. The topological polar surface area (TPSA) is 72.7 Å². The van der Waals surface area contributed by atoms with Crippen LogP contribution in [0.3, 0.4) is 0 Å². The highest BCUT2D eigenvalue weighted by molar-refractivity contribution is 5.94. The van der Waals surface area contributed by atoms with Crippen molar-refractivity contribution in [2.24, 2.45) is 0 Å². The van der Waals surface area contributed by atoms with Crippen molar-refractivity contribution in [2.75, 3.05) is 19.7 Å². The summed E-state index contributed by atoms with van der Waals surface area (Å²) >= 11 is 0. The summed E-state index contributed by atoms with van der Waals surface area (Å²) in [6.45, 7) is 3.14. The Morgan fingerprint density at radius 1 is 1.58 bits per heavy atom. The van der Waals surface area contributed by atoms with E-state index in [0.29, 0.717) is 19.7 Å².